The summed E-state index contributed by atoms with van der Waals surface area (Å²) in [5.41, 5.74) is 0. The number of nitrogens with one attached hydrogen (secondary N) is 2. The number of hydrogen-bond acceptors (Lipinski definition) is 4. The van der Waals surface area contributed by atoms with Crippen molar-refractivity contribution in [3.05, 3.63) is 18.5 Å². The van der Waals surface area contributed by atoms with Crippen LogP contribution in [-0.4, -0.2) is 34.2 Å². The van der Waals surface area contributed by atoms with Gasteiger partial charge in [0.05, 0.1) is 12.6 Å². The van der Waals surface area contributed by atoms with E-state index in [1.165, 1.54) is 0 Å². The van der Waals surface area contributed by atoms with Crippen molar-refractivity contribution in [2.24, 2.45) is 0 Å². The van der Waals surface area contributed by atoms with Gasteiger partial charge in [-0.3, -0.25) is 19.6 Å². The van der Waals surface area contributed by atoms with E-state index in [0.717, 1.165) is 0 Å². The van der Waals surface area contributed by atoms with E-state index in [9.17, 15) is 9.59 Å². The summed E-state index contributed by atoms with van der Waals surface area (Å²) in [7, 11) is 0. The first-order valence-electron chi connectivity index (χ1n) is 5.30. The molecular formula is C10H14N4O2. The largest absolute Gasteiger partial charge is 0.304 e. The highest BCUT2D eigenvalue weighted by molar-refractivity contribution is 6.00. The normalized spacial score (nSPS) is 20.9. The van der Waals surface area contributed by atoms with Gasteiger partial charge < -0.3 is 5.32 Å². The Bertz CT molecular complexity index is 374. The van der Waals surface area contributed by atoms with Crippen molar-refractivity contribution >= 4 is 11.8 Å². The van der Waals surface area contributed by atoms with Gasteiger partial charge in [0, 0.05) is 25.4 Å². The Labute approximate surface area is 93.0 Å². The van der Waals surface area contributed by atoms with E-state index < -0.39 is 0 Å². The molecule has 0 aliphatic carbocycles. The summed E-state index contributed by atoms with van der Waals surface area (Å²) in [6, 6.07) is 1.60. The zero-order valence-electron chi connectivity index (χ0n) is 8.85. The molecule has 6 nitrogen and oxygen atoms in total. The molecule has 0 radical (unpaired) electrons. The van der Waals surface area contributed by atoms with Crippen LogP contribution in [0.25, 0.3) is 0 Å². The lowest BCUT2D eigenvalue weighted by molar-refractivity contribution is -0.134. The molecule has 86 valence electrons. The van der Waals surface area contributed by atoms with Crippen LogP contribution in [0.3, 0.4) is 0 Å². The number of nitrogens with zero attached hydrogens (tertiary/aromatic N) is 2. The first kappa shape index (κ1) is 10.8. The van der Waals surface area contributed by atoms with Gasteiger partial charge in [-0.25, -0.2) is 0 Å². The highest BCUT2D eigenvalue weighted by Crippen LogP contribution is 2.03. The molecule has 2 rings (SSSR count). The number of carbonyl (C=O) groups is 2. The van der Waals surface area contributed by atoms with E-state index in [2.05, 4.69) is 15.7 Å². The molecule has 2 amide bonds. The van der Waals surface area contributed by atoms with E-state index in [0.29, 0.717) is 25.9 Å². The average molecular weight is 222 g/mol. The van der Waals surface area contributed by atoms with Gasteiger partial charge in [0.25, 0.3) is 0 Å². The highest BCUT2D eigenvalue weighted by Gasteiger charge is 2.25. The fourth-order valence-electron chi connectivity index (χ4n) is 1.67. The maximum absolute atomic E-state index is 11.4. The summed E-state index contributed by atoms with van der Waals surface area (Å²) in [5.74, 6) is -0.410. The zero-order valence-corrected chi connectivity index (χ0v) is 8.85. The molecule has 1 unspecified atom stereocenters. The summed E-state index contributed by atoms with van der Waals surface area (Å²) >= 11 is 0. The Morgan fingerprint density at radius 1 is 1.56 bits per heavy atom. The van der Waals surface area contributed by atoms with E-state index in [-0.39, 0.29) is 17.9 Å². The third-order valence-corrected chi connectivity index (χ3v) is 2.53. The molecule has 2 heterocycles. The van der Waals surface area contributed by atoms with Crippen LogP contribution in [-0.2, 0) is 16.1 Å². The summed E-state index contributed by atoms with van der Waals surface area (Å²) in [6.45, 7) is 1.37. The molecule has 16 heavy (non-hydrogen) atoms. The van der Waals surface area contributed by atoms with Gasteiger partial charge >= 0.3 is 0 Å². The Balaban J connectivity index is 1.74. The smallest absolute Gasteiger partial charge is 0.243 e. The maximum atomic E-state index is 11.4. The van der Waals surface area contributed by atoms with Gasteiger partial charge in [0.1, 0.15) is 0 Å². The molecule has 1 aliphatic rings. The number of rotatable bonds is 4. The predicted molar refractivity (Wildman–Crippen MR) is 56.4 cm³/mol. The molecule has 1 atom stereocenters. The number of aromatic nitrogens is 2. The molecule has 1 aliphatic heterocycles. The monoisotopic (exact) mass is 222 g/mol. The maximum Gasteiger partial charge on any atom is 0.243 e. The van der Waals surface area contributed by atoms with Gasteiger partial charge in [-0.2, -0.15) is 5.10 Å². The fourth-order valence-corrected chi connectivity index (χ4v) is 1.67. The summed E-state index contributed by atoms with van der Waals surface area (Å²) in [5, 5.41) is 9.47. The Morgan fingerprint density at radius 3 is 3.12 bits per heavy atom. The van der Waals surface area contributed by atoms with Crippen LogP contribution >= 0.6 is 0 Å². The number of imide groups is 1. The van der Waals surface area contributed by atoms with Crippen LogP contribution in [0.4, 0.5) is 0 Å². The molecule has 6 heteroatoms. The lowest BCUT2D eigenvalue weighted by Gasteiger charge is -2.21. The summed E-state index contributed by atoms with van der Waals surface area (Å²) < 4.78 is 1.79. The standard InChI is InChI=1S/C10H14N4O2/c15-9-3-2-8(10(16)13-9)11-5-7-14-6-1-4-12-14/h1,4,6,8,11H,2-3,5,7H2,(H,13,15,16). The number of amides is 2. The van der Waals surface area contributed by atoms with E-state index >= 15 is 0 Å². The quantitative estimate of drug-likeness (QED) is 0.659. The van der Waals surface area contributed by atoms with Gasteiger partial charge in [0.2, 0.25) is 11.8 Å². The van der Waals surface area contributed by atoms with Crippen molar-refractivity contribution in [3.63, 3.8) is 0 Å². The van der Waals surface area contributed by atoms with Crippen molar-refractivity contribution in [2.45, 2.75) is 25.4 Å². The first-order valence-corrected chi connectivity index (χ1v) is 5.30. The minimum Gasteiger partial charge on any atom is -0.304 e. The first-order chi connectivity index (χ1) is 7.75. The fraction of sp³-hybridized carbons (Fsp3) is 0.500. The SMILES string of the molecule is O=C1CCC(NCCn2cccn2)C(=O)N1. The lowest BCUT2D eigenvalue weighted by Crippen LogP contribution is -2.51. The van der Waals surface area contributed by atoms with Crippen molar-refractivity contribution in [1.82, 2.24) is 20.4 Å². The van der Waals surface area contributed by atoms with E-state index in [4.69, 9.17) is 0 Å². The van der Waals surface area contributed by atoms with Crippen molar-refractivity contribution in [1.29, 1.82) is 0 Å². The molecule has 0 bridgehead atoms. The van der Waals surface area contributed by atoms with Crippen LogP contribution in [0.5, 0.6) is 0 Å². The number of carbonyl (C=O) groups excluding carboxylic acids is 2. The van der Waals surface area contributed by atoms with Crippen molar-refractivity contribution in [2.75, 3.05) is 6.54 Å². The molecule has 1 aromatic heterocycles. The number of piperidine rings is 1. The molecule has 0 aromatic carbocycles. The summed E-state index contributed by atoms with van der Waals surface area (Å²) in [4.78, 5) is 22.3. The summed E-state index contributed by atoms with van der Waals surface area (Å²) in [6.07, 6.45) is 4.56. The lowest BCUT2D eigenvalue weighted by atomic mass is 10.1. The minimum atomic E-state index is -0.256. The van der Waals surface area contributed by atoms with Crippen LogP contribution < -0.4 is 10.6 Å². The topological polar surface area (TPSA) is 76.0 Å². The van der Waals surface area contributed by atoms with Gasteiger partial charge in [-0.05, 0) is 12.5 Å². The van der Waals surface area contributed by atoms with Crippen molar-refractivity contribution in [3.8, 4) is 0 Å². The molecule has 1 saturated heterocycles. The zero-order chi connectivity index (χ0) is 11.4. The van der Waals surface area contributed by atoms with Gasteiger partial charge in [0.15, 0.2) is 0 Å². The second-order valence-corrected chi connectivity index (χ2v) is 3.73. The molecule has 0 saturated carbocycles. The average Bonchev–Trinajstić information content (AvgIpc) is 2.74. The second-order valence-electron chi connectivity index (χ2n) is 3.73. The predicted octanol–water partition coefficient (Wildman–Crippen LogP) is -0.722. The van der Waals surface area contributed by atoms with Crippen LogP contribution in [0.1, 0.15) is 12.8 Å². The van der Waals surface area contributed by atoms with Gasteiger partial charge in [-0.1, -0.05) is 0 Å². The highest BCUT2D eigenvalue weighted by atomic mass is 16.2. The van der Waals surface area contributed by atoms with Crippen LogP contribution in [0.2, 0.25) is 0 Å². The molecular weight excluding hydrogens is 208 g/mol. The minimum absolute atomic E-state index is 0.185. The molecule has 2 N–H and O–H groups in total. The van der Waals surface area contributed by atoms with Crippen LogP contribution in [0.15, 0.2) is 18.5 Å². The third kappa shape index (κ3) is 2.66. The van der Waals surface area contributed by atoms with E-state index in [1.807, 2.05) is 12.3 Å². The second kappa shape index (κ2) is 4.89. The molecule has 0 spiro atoms. The molecule has 1 fully saturated rings. The third-order valence-electron chi connectivity index (χ3n) is 2.53. The Morgan fingerprint density at radius 2 is 2.44 bits per heavy atom. The Kier molecular flexibility index (Phi) is 3.31. The van der Waals surface area contributed by atoms with Crippen molar-refractivity contribution < 1.29 is 9.59 Å². The van der Waals surface area contributed by atoms with E-state index in [1.54, 1.807) is 10.9 Å². The number of hydrogen-bond donors (Lipinski definition) is 2. The van der Waals surface area contributed by atoms with Crippen LogP contribution in [0, 0.1) is 0 Å². The van der Waals surface area contributed by atoms with Gasteiger partial charge in [-0.15, -0.1) is 0 Å². The molecule has 1 aromatic rings. The Hall–Kier alpha value is -1.69.